The van der Waals surface area contributed by atoms with E-state index in [1.807, 2.05) is 6.92 Å². The summed E-state index contributed by atoms with van der Waals surface area (Å²) in [6.45, 7) is 6.36. The fourth-order valence-corrected chi connectivity index (χ4v) is 2.52. The minimum absolute atomic E-state index is 0.0216. The fraction of sp³-hybridized carbons (Fsp3) is 0.846. The minimum Gasteiger partial charge on any atom is -0.390 e. The Morgan fingerprint density at radius 1 is 1.40 bits per heavy atom. The molecule has 0 aliphatic heterocycles. The molecule has 1 saturated carbocycles. The third kappa shape index (κ3) is 3.96. The molecule has 15 heavy (non-hydrogen) atoms. The Balaban J connectivity index is 2.49. The van der Waals surface area contributed by atoms with Crippen molar-refractivity contribution in [2.75, 3.05) is 6.61 Å². The van der Waals surface area contributed by atoms with Gasteiger partial charge in [-0.25, -0.2) is 0 Å². The topological polar surface area (TPSA) is 29.5 Å². The van der Waals surface area contributed by atoms with Crippen molar-refractivity contribution >= 4 is 0 Å². The predicted octanol–water partition coefficient (Wildman–Crippen LogP) is 2.91. The molecule has 0 radical (unpaired) electrons. The van der Waals surface area contributed by atoms with Crippen LogP contribution in [0.4, 0.5) is 0 Å². The van der Waals surface area contributed by atoms with Crippen molar-refractivity contribution in [1.29, 1.82) is 0 Å². The second-order valence-corrected chi connectivity index (χ2v) is 4.41. The van der Waals surface area contributed by atoms with Crippen molar-refractivity contribution in [1.82, 2.24) is 0 Å². The van der Waals surface area contributed by atoms with Crippen molar-refractivity contribution < 1.29 is 9.84 Å². The van der Waals surface area contributed by atoms with Crippen LogP contribution in [0.2, 0.25) is 0 Å². The van der Waals surface area contributed by atoms with E-state index in [1.165, 1.54) is 32.1 Å². The third-order valence-corrected chi connectivity index (χ3v) is 3.26. The first-order valence-electron chi connectivity index (χ1n) is 6.20. The zero-order valence-corrected chi connectivity index (χ0v) is 9.82. The number of aliphatic hydroxyl groups excluding tert-OH is 1. The van der Waals surface area contributed by atoms with Crippen LogP contribution in [0.15, 0.2) is 12.7 Å². The van der Waals surface area contributed by atoms with E-state index in [1.54, 1.807) is 6.08 Å². The van der Waals surface area contributed by atoms with Crippen LogP contribution < -0.4 is 0 Å². The summed E-state index contributed by atoms with van der Waals surface area (Å²) in [5.41, 5.74) is 0. The highest BCUT2D eigenvalue weighted by atomic mass is 16.5. The summed E-state index contributed by atoms with van der Waals surface area (Å²) < 4.78 is 5.70. The van der Waals surface area contributed by atoms with E-state index in [0.717, 1.165) is 0 Å². The number of rotatable bonds is 6. The fourth-order valence-electron chi connectivity index (χ4n) is 2.52. The van der Waals surface area contributed by atoms with Crippen LogP contribution in [0.3, 0.4) is 0 Å². The first kappa shape index (κ1) is 12.7. The van der Waals surface area contributed by atoms with E-state index in [-0.39, 0.29) is 12.2 Å². The second-order valence-electron chi connectivity index (χ2n) is 4.41. The average Bonchev–Trinajstić information content (AvgIpc) is 2.27. The van der Waals surface area contributed by atoms with Crippen LogP contribution in [0.1, 0.15) is 45.4 Å². The molecule has 0 saturated heterocycles. The molecule has 2 heteroatoms. The van der Waals surface area contributed by atoms with Crippen LogP contribution in [-0.2, 0) is 4.74 Å². The van der Waals surface area contributed by atoms with E-state index in [4.69, 9.17) is 4.74 Å². The van der Waals surface area contributed by atoms with E-state index < -0.39 is 0 Å². The van der Waals surface area contributed by atoms with Gasteiger partial charge in [0, 0.05) is 6.61 Å². The van der Waals surface area contributed by atoms with Gasteiger partial charge in [-0.1, -0.05) is 25.3 Å². The quantitative estimate of drug-likeness (QED) is 0.686. The maximum absolute atomic E-state index is 10.00. The molecule has 2 nitrogen and oxygen atoms in total. The molecule has 1 aliphatic carbocycles. The van der Waals surface area contributed by atoms with E-state index in [0.29, 0.717) is 18.9 Å². The van der Waals surface area contributed by atoms with Gasteiger partial charge < -0.3 is 9.84 Å². The van der Waals surface area contributed by atoms with Gasteiger partial charge in [0.2, 0.25) is 0 Å². The molecule has 2 unspecified atom stereocenters. The first-order chi connectivity index (χ1) is 7.29. The van der Waals surface area contributed by atoms with Gasteiger partial charge >= 0.3 is 0 Å². The molecule has 0 bridgehead atoms. The van der Waals surface area contributed by atoms with Gasteiger partial charge in [0.1, 0.15) is 0 Å². The normalized spacial score (nSPS) is 22.3. The summed E-state index contributed by atoms with van der Waals surface area (Å²) in [7, 11) is 0. The number of hydrogen-bond acceptors (Lipinski definition) is 2. The molecule has 0 aromatic carbocycles. The summed E-state index contributed by atoms with van der Waals surface area (Å²) in [4.78, 5) is 0. The Kier molecular flexibility index (Phi) is 5.96. The van der Waals surface area contributed by atoms with Gasteiger partial charge in [-0.15, -0.1) is 6.58 Å². The van der Waals surface area contributed by atoms with Crippen molar-refractivity contribution in [3.05, 3.63) is 12.7 Å². The molecule has 88 valence electrons. The predicted molar refractivity (Wildman–Crippen MR) is 62.8 cm³/mol. The Labute approximate surface area is 93.3 Å². The van der Waals surface area contributed by atoms with E-state index >= 15 is 0 Å². The van der Waals surface area contributed by atoms with Crippen molar-refractivity contribution in [3.8, 4) is 0 Å². The smallest absolute Gasteiger partial charge is 0.0864 e. The van der Waals surface area contributed by atoms with Crippen LogP contribution in [0.5, 0.6) is 0 Å². The molecule has 0 amide bonds. The Bertz CT molecular complexity index is 173. The highest BCUT2D eigenvalue weighted by Gasteiger charge is 2.29. The molecule has 1 rings (SSSR count). The molecule has 1 N–H and O–H groups in total. The van der Waals surface area contributed by atoms with E-state index in [9.17, 15) is 5.11 Å². The highest BCUT2D eigenvalue weighted by molar-refractivity contribution is 4.84. The second kappa shape index (κ2) is 7.02. The summed E-state index contributed by atoms with van der Waals surface area (Å²) in [5, 5.41) is 10.00. The monoisotopic (exact) mass is 212 g/mol. The lowest BCUT2D eigenvalue weighted by molar-refractivity contribution is -0.0706. The molecule has 2 atom stereocenters. The van der Waals surface area contributed by atoms with Gasteiger partial charge in [0.15, 0.2) is 0 Å². The first-order valence-corrected chi connectivity index (χ1v) is 6.20. The van der Waals surface area contributed by atoms with Gasteiger partial charge in [-0.2, -0.15) is 0 Å². The molecular formula is C13H24O2. The van der Waals surface area contributed by atoms with Crippen LogP contribution in [0, 0.1) is 5.92 Å². The van der Waals surface area contributed by atoms with Crippen molar-refractivity contribution in [3.63, 3.8) is 0 Å². The SMILES string of the molecule is C=CCC(O)C(OCC)C1CCCCC1. The molecular weight excluding hydrogens is 188 g/mol. The van der Waals surface area contributed by atoms with Gasteiger partial charge in [-0.3, -0.25) is 0 Å². The third-order valence-electron chi connectivity index (χ3n) is 3.26. The summed E-state index contributed by atoms with van der Waals surface area (Å²) in [6.07, 6.45) is 8.40. The summed E-state index contributed by atoms with van der Waals surface area (Å²) >= 11 is 0. The Hall–Kier alpha value is -0.340. The maximum Gasteiger partial charge on any atom is 0.0864 e. The van der Waals surface area contributed by atoms with Crippen molar-refractivity contribution in [2.45, 2.75) is 57.7 Å². The average molecular weight is 212 g/mol. The standard InChI is InChI=1S/C13H24O2/c1-3-8-12(14)13(15-4-2)11-9-6-5-7-10-11/h3,11-14H,1,4-10H2,2H3. The molecule has 0 heterocycles. The van der Waals surface area contributed by atoms with Crippen LogP contribution in [0.25, 0.3) is 0 Å². The zero-order chi connectivity index (χ0) is 11.1. The van der Waals surface area contributed by atoms with E-state index in [2.05, 4.69) is 6.58 Å². The summed E-state index contributed by atoms with van der Waals surface area (Å²) in [5.74, 6) is 0.550. The van der Waals surface area contributed by atoms with Crippen LogP contribution in [-0.4, -0.2) is 23.9 Å². The number of aliphatic hydroxyl groups is 1. The van der Waals surface area contributed by atoms with Crippen molar-refractivity contribution in [2.24, 2.45) is 5.92 Å². The Morgan fingerprint density at radius 2 is 2.07 bits per heavy atom. The molecule has 0 aromatic heterocycles. The van der Waals surface area contributed by atoms with Gasteiger partial charge in [0.05, 0.1) is 12.2 Å². The maximum atomic E-state index is 10.00. The molecule has 0 spiro atoms. The number of hydrogen-bond donors (Lipinski definition) is 1. The number of ether oxygens (including phenoxy) is 1. The molecule has 0 aromatic rings. The highest BCUT2D eigenvalue weighted by Crippen LogP contribution is 2.30. The lowest BCUT2D eigenvalue weighted by atomic mass is 9.82. The minimum atomic E-state index is -0.370. The lowest BCUT2D eigenvalue weighted by Gasteiger charge is -2.32. The Morgan fingerprint density at radius 3 is 2.60 bits per heavy atom. The van der Waals surface area contributed by atoms with Gasteiger partial charge in [-0.05, 0) is 32.1 Å². The zero-order valence-electron chi connectivity index (χ0n) is 9.82. The largest absolute Gasteiger partial charge is 0.390 e. The summed E-state index contributed by atoms with van der Waals surface area (Å²) in [6, 6.07) is 0. The van der Waals surface area contributed by atoms with Crippen LogP contribution >= 0.6 is 0 Å². The molecule has 1 aliphatic rings. The molecule has 1 fully saturated rings. The van der Waals surface area contributed by atoms with Gasteiger partial charge in [0.25, 0.3) is 0 Å². The lowest BCUT2D eigenvalue weighted by Crippen LogP contribution is -2.37.